The van der Waals surface area contributed by atoms with Gasteiger partial charge < -0.3 is 36.8 Å². The summed E-state index contributed by atoms with van der Waals surface area (Å²) >= 11 is 3.48. The van der Waals surface area contributed by atoms with Crippen molar-refractivity contribution in [1.29, 1.82) is 0 Å². The Balaban J connectivity index is 1.59. The van der Waals surface area contributed by atoms with Crippen molar-refractivity contribution >= 4 is 44.8 Å². The number of primary amides is 1. The maximum Gasteiger partial charge on any atom is 0.256 e. The summed E-state index contributed by atoms with van der Waals surface area (Å²) < 4.78 is 6.55. The first kappa shape index (κ1) is 27.1. The normalized spacial score (nSPS) is 25.1. The van der Waals surface area contributed by atoms with Crippen LogP contribution in [-0.2, 0) is 9.53 Å². The molecule has 0 saturated carbocycles. The summed E-state index contributed by atoms with van der Waals surface area (Å²) in [6, 6.07) is 4.14. The molecule has 0 bridgehead atoms. The molecule has 4 rings (SSSR count). The van der Waals surface area contributed by atoms with Gasteiger partial charge in [0, 0.05) is 55.2 Å². The summed E-state index contributed by atoms with van der Waals surface area (Å²) in [5.41, 5.74) is 14.7. The summed E-state index contributed by atoms with van der Waals surface area (Å²) in [6.45, 7) is 5.30. The van der Waals surface area contributed by atoms with Gasteiger partial charge in [-0.15, -0.1) is 0 Å². The van der Waals surface area contributed by atoms with Crippen molar-refractivity contribution in [2.45, 2.75) is 50.8 Å². The van der Waals surface area contributed by atoms with Gasteiger partial charge in [0.1, 0.15) is 12.3 Å². The number of ether oxygens (including phenoxy) is 1. The summed E-state index contributed by atoms with van der Waals surface area (Å²) in [7, 11) is 1.74. The Bertz CT molecular complexity index is 1160. The maximum atomic E-state index is 13.3. The average molecular weight is 576 g/mol. The Morgan fingerprint density at radius 3 is 2.54 bits per heavy atom. The molecule has 37 heavy (non-hydrogen) atoms. The molecule has 1 aromatic carbocycles. The van der Waals surface area contributed by atoms with E-state index in [0.717, 1.165) is 4.47 Å². The second-order valence-electron chi connectivity index (χ2n) is 9.71. The van der Waals surface area contributed by atoms with Crippen LogP contribution in [0.5, 0.6) is 0 Å². The molecule has 2 aliphatic rings. The number of halogens is 1. The van der Waals surface area contributed by atoms with Crippen LogP contribution in [0.4, 0.5) is 17.1 Å². The number of aromatic nitrogens is 1. The Kier molecular flexibility index (Phi) is 8.22. The number of nitrogens with two attached hydrogens (primary N) is 2. The lowest BCUT2D eigenvalue weighted by molar-refractivity contribution is -0.121. The molecule has 2 fully saturated rings. The van der Waals surface area contributed by atoms with Crippen molar-refractivity contribution in [2.24, 2.45) is 5.73 Å². The van der Waals surface area contributed by atoms with Gasteiger partial charge in [-0.3, -0.25) is 19.5 Å². The lowest BCUT2D eigenvalue weighted by atomic mass is 10.1. The van der Waals surface area contributed by atoms with Crippen LogP contribution in [0.15, 0.2) is 35.1 Å². The van der Waals surface area contributed by atoms with Gasteiger partial charge in [0.15, 0.2) is 0 Å². The van der Waals surface area contributed by atoms with Crippen LogP contribution >= 0.6 is 15.9 Å². The molecule has 2 aromatic rings. The molecule has 11 nitrogen and oxygen atoms in total. The average Bonchev–Trinajstić information content (AvgIpc) is 3.28. The fraction of sp³-hybridized carbons (Fsp3) is 0.480. The minimum atomic E-state index is -0.933. The minimum Gasteiger partial charge on any atom is -0.397 e. The maximum absolute atomic E-state index is 13.3. The van der Waals surface area contributed by atoms with Gasteiger partial charge in [-0.05, 0) is 38.5 Å². The Labute approximate surface area is 224 Å². The molecular formula is C25H34BrN7O4. The van der Waals surface area contributed by atoms with E-state index in [4.69, 9.17) is 16.2 Å². The van der Waals surface area contributed by atoms with E-state index < -0.39 is 18.2 Å². The number of amides is 2. The van der Waals surface area contributed by atoms with Gasteiger partial charge in [-0.25, -0.2) is 0 Å². The first-order chi connectivity index (χ1) is 17.6. The Hall–Kier alpha value is -2.93. The number of anilines is 3. The van der Waals surface area contributed by atoms with Crippen LogP contribution in [0, 0.1) is 0 Å². The fourth-order valence-electron chi connectivity index (χ4n) is 5.13. The highest BCUT2D eigenvalue weighted by Gasteiger charge is 2.40. The first-order valence-corrected chi connectivity index (χ1v) is 13.0. The number of morpholine rings is 1. The van der Waals surface area contributed by atoms with E-state index in [9.17, 15) is 14.7 Å². The predicted molar refractivity (Wildman–Crippen MR) is 145 cm³/mol. The molecule has 2 amide bonds. The molecule has 0 radical (unpaired) electrons. The number of nitrogens with zero attached hydrogens (tertiary/aromatic N) is 3. The van der Waals surface area contributed by atoms with E-state index in [1.54, 1.807) is 25.4 Å². The van der Waals surface area contributed by atoms with E-state index in [-0.39, 0.29) is 30.7 Å². The number of aliphatic hydroxyl groups excluding tert-OH is 1. The summed E-state index contributed by atoms with van der Waals surface area (Å²) in [5, 5.41) is 17.7. The van der Waals surface area contributed by atoms with Gasteiger partial charge in [-0.2, -0.15) is 0 Å². The smallest absolute Gasteiger partial charge is 0.256 e. The number of aliphatic hydroxyl groups is 1. The standard InChI is InChI=1S/C25H34BrN7O4/c1-13-10-32(11-14(2)37-13)25(36)19-5-16(26)6-20(27)22(19)31-18-7-21(23(28)34)33(12-18)24(35)15-4-17(29-3)9-30-8-15/h4-6,8-9,13-14,18,21,25,29,31,36H,7,10-12,27H2,1-3H3,(H2,28,34)/t13-,14+,18-,21+,25?/m1/s1. The molecule has 1 aromatic heterocycles. The third-order valence-electron chi connectivity index (χ3n) is 6.75. The predicted octanol–water partition coefficient (Wildman–Crippen LogP) is 1.75. The first-order valence-electron chi connectivity index (χ1n) is 12.2. The van der Waals surface area contributed by atoms with E-state index in [1.807, 2.05) is 24.8 Å². The lowest BCUT2D eigenvalue weighted by Gasteiger charge is -2.38. The van der Waals surface area contributed by atoms with Crippen molar-refractivity contribution in [3.63, 3.8) is 0 Å². The van der Waals surface area contributed by atoms with Crippen LogP contribution in [0.2, 0.25) is 0 Å². The molecule has 3 heterocycles. The molecule has 2 saturated heterocycles. The molecule has 200 valence electrons. The molecule has 7 N–H and O–H groups in total. The number of nitrogens with one attached hydrogen (secondary N) is 2. The number of rotatable bonds is 7. The number of carbonyl (C=O) groups is 2. The highest BCUT2D eigenvalue weighted by Crippen LogP contribution is 2.37. The quantitative estimate of drug-likeness (QED) is 0.310. The Morgan fingerprint density at radius 2 is 1.89 bits per heavy atom. The van der Waals surface area contributed by atoms with Gasteiger partial charge in [-0.1, -0.05) is 15.9 Å². The molecule has 0 spiro atoms. The fourth-order valence-corrected chi connectivity index (χ4v) is 5.63. The van der Waals surface area contributed by atoms with E-state index in [2.05, 4.69) is 31.5 Å². The van der Waals surface area contributed by atoms with Crippen molar-refractivity contribution in [3.8, 4) is 0 Å². The number of hydrogen-bond donors (Lipinski definition) is 5. The highest BCUT2D eigenvalue weighted by molar-refractivity contribution is 9.10. The number of nitrogen functional groups attached to an aromatic ring is 1. The zero-order chi connectivity index (χ0) is 26.9. The monoisotopic (exact) mass is 575 g/mol. The van der Waals surface area contributed by atoms with E-state index in [1.165, 1.54) is 11.1 Å². The summed E-state index contributed by atoms with van der Waals surface area (Å²) in [4.78, 5) is 33.1. The molecule has 5 atom stereocenters. The van der Waals surface area contributed by atoms with Crippen LogP contribution in [0.3, 0.4) is 0 Å². The van der Waals surface area contributed by atoms with Crippen LogP contribution in [0.25, 0.3) is 0 Å². The lowest BCUT2D eigenvalue weighted by Crippen LogP contribution is -2.47. The zero-order valence-electron chi connectivity index (χ0n) is 21.1. The number of pyridine rings is 1. The number of benzene rings is 1. The van der Waals surface area contributed by atoms with Crippen molar-refractivity contribution in [1.82, 2.24) is 14.8 Å². The summed E-state index contributed by atoms with van der Waals surface area (Å²) in [6.07, 6.45) is 2.39. The molecule has 12 heteroatoms. The number of hydrogen-bond acceptors (Lipinski definition) is 9. The van der Waals surface area contributed by atoms with Gasteiger partial charge >= 0.3 is 0 Å². The van der Waals surface area contributed by atoms with Gasteiger partial charge in [0.25, 0.3) is 5.91 Å². The zero-order valence-corrected chi connectivity index (χ0v) is 22.7. The largest absolute Gasteiger partial charge is 0.397 e. The van der Waals surface area contributed by atoms with Crippen LogP contribution in [0.1, 0.15) is 42.4 Å². The number of carbonyl (C=O) groups excluding carboxylic acids is 2. The Morgan fingerprint density at radius 1 is 1.19 bits per heavy atom. The van der Waals surface area contributed by atoms with E-state index >= 15 is 0 Å². The van der Waals surface area contributed by atoms with Gasteiger partial charge in [0.05, 0.1) is 34.8 Å². The molecule has 1 unspecified atom stereocenters. The second-order valence-corrected chi connectivity index (χ2v) is 10.6. The van der Waals surface area contributed by atoms with Crippen molar-refractivity contribution in [3.05, 3.63) is 46.2 Å². The van der Waals surface area contributed by atoms with Crippen molar-refractivity contribution < 1.29 is 19.4 Å². The van der Waals surface area contributed by atoms with Crippen LogP contribution < -0.4 is 22.1 Å². The SMILES string of the molecule is CNc1cncc(C(=O)N2C[C@H](Nc3c(N)cc(Br)cc3C(O)N3C[C@@H](C)O[C@@H](C)C3)C[C@H]2C(N)=O)c1. The second kappa shape index (κ2) is 11.2. The van der Waals surface area contributed by atoms with Gasteiger partial charge in [0.2, 0.25) is 5.91 Å². The number of likely N-dealkylation sites (tertiary alicyclic amines) is 1. The molecule has 2 aliphatic heterocycles. The highest BCUT2D eigenvalue weighted by atomic mass is 79.9. The third-order valence-corrected chi connectivity index (χ3v) is 7.21. The topological polar surface area (TPSA) is 159 Å². The molecule has 0 aliphatic carbocycles. The third kappa shape index (κ3) is 5.98. The minimum absolute atomic E-state index is 0.0269. The van der Waals surface area contributed by atoms with Crippen LogP contribution in [-0.4, -0.2) is 82.7 Å². The summed E-state index contributed by atoms with van der Waals surface area (Å²) in [5.74, 6) is -0.922. The van der Waals surface area contributed by atoms with Crippen molar-refractivity contribution in [2.75, 3.05) is 43.0 Å². The molecular weight excluding hydrogens is 542 g/mol. The van der Waals surface area contributed by atoms with E-state index in [0.29, 0.717) is 47.7 Å².